The third kappa shape index (κ3) is 4.07. The molecule has 1 N–H and O–H groups in total. The van der Waals surface area contributed by atoms with Gasteiger partial charge in [-0.25, -0.2) is 0 Å². The fraction of sp³-hybridized carbons (Fsp3) is 0.600. The molecule has 0 spiro atoms. The minimum Gasteiger partial charge on any atom is -0.480 e. The Kier molecular flexibility index (Phi) is 4.34. The predicted molar refractivity (Wildman–Crippen MR) is 53.9 cm³/mol. The summed E-state index contributed by atoms with van der Waals surface area (Å²) in [5.74, 6) is -1.19. The van der Waals surface area contributed by atoms with Gasteiger partial charge in [-0.2, -0.15) is 0 Å². The molecule has 0 rings (SSSR count). The standard InChI is InChI=1S/C10H17NO3/c1-5-6-11(7-8(12)13)9(14)10(2,3)4/h5H,1,6-7H2,2-4H3,(H,12,13). The molecule has 0 fully saturated rings. The van der Waals surface area contributed by atoms with Crippen molar-refractivity contribution in [2.75, 3.05) is 13.1 Å². The van der Waals surface area contributed by atoms with E-state index >= 15 is 0 Å². The lowest BCUT2D eigenvalue weighted by molar-refractivity contribution is -0.147. The summed E-state index contributed by atoms with van der Waals surface area (Å²) in [6.45, 7) is 8.75. The molecule has 0 aromatic heterocycles. The van der Waals surface area contributed by atoms with E-state index in [0.29, 0.717) is 0 Å². The van der Waals surface area contributed by atoms with Crippen molar-refractivity contribution in [3.63, 3.8) is 0 Å². The average Bonchev–Trinajstić information content (AvgIpc) is 2.00. The summed E-state index contributed by atoms with van der Waals surface area (Å²) in [5.41, 5.74) is -0.557. The summed E-state index contributed by atoms with van der Waals surface area (Å²) in [7, 11) is 0. The summed E-state index contributed by atoms with van der Waals surface area (Å²) < 4.78 is 0. The number of hydrogen-bond donors (Lipinski definition) is 1. The molecule has 80 valence electrons. The van der Waals surface area contributed by atoms with Crippen LogP contribution in [0.25, 0.3) is 0 Å². The highest BCUT2D eigenvalue weighted by atomic mass is 16.4. The number of aliphatic carboxylic acids is 1. The third-order valence-corrected chi connectivity index (χ3v) is 1.60. The Morgan fingerprint density at radius 2 is 1.93 bits per heavy atom. The lowest BCUT2D eigenvalue weighted by atomic mass is 9.94. The normalized spacial score (nSPS) is 10.8. The number of carboxylic acids is 1. The molecule has 0 aliphatic rings. The van der Waals surface area contributed by atoms with Crippen molar-refractivity contribution in [3.8, 4) is 0 Å². The lowest BCUT2D eigenvalue weighted by Crippen LogP contribution is -2.42. The molecular weight excluding hydrogens is 182 g/mol. The molecule has 0 aliphatic carbocycles. The van der Waals surface area contributed by atoms with Crippen molar-refractivity contribution >= 4 is 11.9 Å². The zero-order valence-corrected chi connectivity index (χ0v) is 8.91. The van der Waals surface area contributed by atoms with Crippen molar-refractivity contribution in [2.45, 2.75) is 20.8 Å². The molecule has 0 saturated carbocycles. The van der Waals surface area contributed by atoms with E-state index in [-0.39, 0.29) is 19.0 Å². The van der Waals surface area contributed by atoms with E-state index in [4.69, 9.17) is 5.11 Å². The number of carboxylic acid groups (broad SMARTS) is 1. The predicted octanol–water partition coefficient (Wildman–Crippen LogP) is 1.13. The van der Waals surface area contributed by atoms with Gasteiger partial charge in [0.1, 0.15) is 6.54 Å². The first-order chi connectivity index (χ1) is 6.29. The molecule has 4 heteroatoms. The molecule has 1 amide bonds. The van der Waals surface area contributed by atoms with Crippen LogP contribution in [-0.4, -0.2) is 35.0 Å². The smallest absolute Gasteiger partial charge is 0.323 e. The summed E-state index contributed by atoms with van der Waals surface area (Å²) in [6, 6.07) is 0. The fourth-order valence-electron chi connectivity index (χ4n) is 1.01. The van der Waals surface area contributed by atoms with Crippen LogP contribution >= 0.6 is 0 Å². The van der Waals surface area contributed by atoms with Crippen LogP contribution in [-0.2, 0) is 9.59 Å². The third-order valence-electron chi connectivity index (χ3n) is 1.60. The first-order valence-electron chi connectivity index (χ1n) is 4.41. The lowest BCUT2D eigenvalue weighted by Gasteiger charge is -2.27. The Hall–Kier alpha value is -1.32. The zero-order chi connectivity index (χ0) is 11.4. The molecule has 0 radical (unpaired) electrons. The second kappa shape index (κ2) is 4.79. The Bertz CT molecular complexity index is 240. The van der Waals surface area contributed by atoms with E-state index in [1.165, 1.54) is 11.0 Å². The van der Waals surface area contributed by atoms with Crippen molar-refractivity contribution in [1.29, 1.82) is 0 Å². The molecule has 0 heterocycles. The van der Waals surface area contributed by atoms with Gasteiger partial charge in [0.25, 0.3) is 0 Å². The fourth-order valence-corrected chi connectivity index (χ4v) is 1.01. The number of carbonyl (C=O) groups excluding carboxylic acids is 1. The Labute approximate surface area is 84.2 Å². The van der Waals surface area contributed by atoms with Crippen LogP contribution in [0.1, 0.15) is 20.8 Å². The van der Waals surface area contributed by atoms with Crippen molar-refractivity contribution in [3.05, 3.63) is 12.7 Å². The summed E-state index contributed by atoms with van der Waals surface area (Å²) in [5, 5.41) is 8.60. The quantitative estimate of drug-likeness (QED) is 0.690. The molecule has 14 heavy (non-hydrogen) atoms. The maximum atomic E-state index is 11.7. The molecule has 0 atom stereocenters. The Balaban J connectivity index is 4.56. The summed E-state index contributed by atoms with van der Waals surface area (Å²) in [6.07, 6.45) is 1.52. The second-order valence-electron chi connectivity index (χ2n) is 4.12. The van der Waals surface area contributed by atoms with Crippen LogP contribution < -0.4 is 0 Å². The highest BCUT2D eigenvalue weighted by molar-refractivity contribution is 5.85. The maximum Gasteiger partial charge on any atom is 0.323 e. The number of nitrogens with zero attached hydrogens (tertiary/aromatic N) is 1. The van der Waals surface area contributed by atoms with Gasteiger partial charge in [-0.3, -0.25) is 9.59 Å². The van der Waals surface area contributed by atoms with Gasteiger partial charge in [-0.15, -0.1) is 6.58 Å². The second-order valence-corrected chi connectivity index (χ2v) is 4.12. The van der Waals surface area contributed by atoms with Gasteiger partial charge in [0.2, 0.25) is 5.91 Å². The van der Waals surface area contributed by atoms with Crippen LogP contribution in [0, 0.1) is 5.41 Å². The minimum absolute atomic E-state index is 0.181. The minimum atomic E-state index is -1.01. The van der Waals surface area contributed by atoms with Gasteiger partial charge in [0.05, 0.1) is 0 Å². The molecule has 0 aromatic carbocycles. The highest BCUT2D eigenvalue weighted by Gasteiger charge is 2.27. The van der Waals surface area contributed by atoms with E-state index in [1.54, 1.807) is 20.8 Å². The molecule has 0 saturated heterocycles. The van der Waals surface area contributed by atoms with Crippen LogP contribution in [0.5, 0.6) is 0 Å². The largest absolute Gasteiger partial charge is 0.480 e. The molecule has 0 unspecified atom stereocenters. The van der Waals surface area contributed by atoms with Crippen LogP contribution in [0.3, 0.4) is 0 Å². The van der Waals surface area contributed by atoms with Gasteiger partial charge in [-0.05, 0) is 0 Å². The zero-order valence-electron chi connectivity index (χ0n) is 8.91. The average molecular weight is 199 g/mol. The topological polar surface area (TPSA) is 57.6 Å². The first kappa shape index (κ1) is 12.7. The van der Waals surface area contributed by atoms with Gasteiger partial charge >= 0.3 is 5.97 Å². The van der Waals surface area contributed by atoms with E-state index in [2.05, 4.69) is 6.58 Å². The van der Waals surface area contributed by atoms with Gasteiger partial charge < -0.3 is 10.0 Å². The van der Waals surface area contributed by atoms with Crippen molar-refractivity contribution in [1.82, 2.24) is 4.90 Å². The number of carbonyl (C=O) groups is 2. The molecule has 0 bridgehead atoms. The van der Waals surface area contributed by atoms with Gasteiger partial charge in [0, 0.05) is 12.0 Å². The molecular formula is C10H17NO3. The van der Waals surface area contributed by atoms with Crippen LogP contribution in [0.4, 0.5) is 0 Å². The van der Waals surface area contributed by atoms with Gasteiger partial charge in [0.15, 0.2) is 0 Å². The molecule has 4 nitrogen and oxygen atoms in total. The van der Waals surface area contributed by atoms with E-state index in [1.807, 2.05) is 0 Å². The van der Waals surface area contributed by atoms with E-state index in [9.17, 15) is 9.59 Å². The Morgan fingerprint density at radius 1 is 1.43 bits per heavy atom. The number of amides is 1. The first-order valence-corrected chi connectivity index (χ1v) is 4.41. The van der Waals surface area contributed by atoms with Crippen molar-refractivity contribution in [2.24, 2.45) is 5.41 Å². The maximum absolute atomic E-state index is 11.7. The van der Waals surface area contributed by atoms with Crippen LogP contribution in [0.2, 0.25) is 0 Å². The van der Waals surface area contributed by atoms with E-state index in [0.717, 1.165) is 0 Å². The summed E-state index contributed by atoms with van der Waals surface area (Å²) >= 11 is 0. The molecule has 0 aromatic rings. The Morgan fingerprint density at radius 3 is 2.21 bits per heavy atom. The number of rotatable bonds is 4. The number of hydrogen-bond acceptors (Lipinski definition) is 2. The SMILES string of the molecule is C=CCN(CC(=O)O)C(=O)C(C)(C)C. The van der Waals surface area contributed by atoms with Gasteiger partial charge in [-0.1, -0.05) is 26.8 Å². The monoisotopic (exact) mass is 199 g/mol. The van der Waals surface area contributed by atoms with E-state index < -0.39 is 11.4 Å². The highest BCUT2D eigenvalue weighted by Crippen LogP contribution is 2.17. The molecule has 0 aliphatic heterocycles. The van der Waals surface area contributed by atoms with Crippen LogP contribution in [0.15, 0.2) is 12.7 Å². The summed E-state index contributed by atoms with van der Waals surface area (Å²) in [4.78, 5) is 23.5. The van der Waals surface area contributed by atoms with Crippen molar-refractivity contribution < 1.29 is 14.7 Å².